The molecule has 1 rings (SSSR count). The van der Waals surface area contributed by atoms with E-state index in [4.69, 9.17) is 11.6 Å². The van der Waals surface area contributed by atoms with Crippen LogP contribution in [-0.2, 0) is 0 Å². The van der Waals surface area contributed by atoms with E-state index in [9.17, 15) is 17.3 Å². The predicted octanol–water partition coefficient (Wildman–Crippen LogP) is -0.462. The van der Waals surface area contributed by atoms with Gasteiger partial charge in [0.05, 0.1) is 0 Å². The SMILES string of the molecule is Fc1ccc([B-](F)(F)F)c(Cl)c1.[K+]. The van der Waals surface area contributed by atoms with Gasteiger partial charge in [-0.2, -0.15) is 0 Å². The summed E-state index contributed by atoms with van der Waals surface area (Å²) in [7, 11) is 0. The maximum atomic E-state index is 12.3. The van der Waals surface area contributed by atoms with Gasteiger partial charge in [0.2, 0.25) is 0 Å². The summed E-state index contributed by atoms with van der Waals surface area (Å²) in [4.78, 5) is 0. The topological polar surface area (TPSA) is 0 Å². The Morgan fingerprint density at radius 3 is 2.08 bits per heavy atom. The number of benzene rings is 1. The summed E-state index contributed by atoms with van der Waals surface area (Å²) in [5.41, 5.74) is -0.960. The summed E-state index contributed by atoms with van der Waals surface area (Å²) in [5.74, 6) is -0.774. The average molecular weight is 236 g/mol. The minimum atomic E-state index is -5.14. The van der Waals surface area contributed by atoms with Crippen molar-refractivity contribution in [1.82, 2.24) is 0 Å². The first-order valence-corrected chi connectivity index (χ1v) is 3.44. The minimum Gasteiger partial charge on any atom is -0.445 e. The predicted molar refractivity (Wildman–Crippen MR) is 40.1 cm³/mol. The van der Waals surface area contributed by atoms with E-state index >= 15 is 0 Å². The molecule has 0 N–H and O–H groups in total. The van der Waals surface area contributed by atoms with Gasteiger partial charge in [-0.25, -0.2) is 4.39 Å². The first-order valence-electron chi connectivity index (χ1n) is 3.06. The van der Waals surface area contributed by atoms with Crippen LogP contribution in [0.3, 0.4) is 0 Å². The van der Waals surface area contributed by atoms with Gasteiger partial charge in [-0.3, -0.25) is 0 Å². The van der Waals surface area contributed by atoms with Gasteiger partial charge in [-0.05, 0) is 12.1 Å². The van der Waals surface area contributed by atoms with Crippen LogP contribution < -0.4 is 56.8 Å². The molecule has 0 saturated carbocycles. The van der Waals surface area contributed by atoms with Crippen LogP contribution in [0, 0.1) is 5.82 Å². The maximum absolute atomic E-state index is 12.3. The van der Waals surface area contributed by atoms with E-state index in [-0.39, 0.29) is 51.4 Å². The third-order valence-electron chi connectivity index (χ3n) is 1.32. The van der Waals surface area contributed by atoms with E-state index < -0.39 is 23.3 Å². The van der Waals surface area contributed by atoms with Crippen molar-refractivity contribution in [2.45, 2.75) is 0 Å². The normalized spacial score (nSPS) is 10.8. The molecule has 0 spiro atoms. The fourth-order valence-electron chi connectivity index (χ4n) is 0.767. The van der Waals surface area contributed by atoms with Crippen LogP contribution in [0.5, 0.6) is 0 Å². The van der Waals surface area contributed by atoms with Crippen molar-refractivity contribution in [3.05, 3.63) is 29.0 Å². The Labute approximate surface area is 120 Å². The quantitative estimate of drug-likeness (QED) is 0.457. The molecule has 66 valence electrons. The zero-order valence-corrected chi connectivity index (χ0v) is 10.6. The van der Waals surface area contributed by atoms with Crippen molar-refractivity contribution < 1.29 is 68.7 Å². The molecule has 0 radical (unpaired) electrons. The first-order chi connectivity index (χ1) is 5.41. The zero-order valence-electron chi connectivity index (χ0n) is 6.70. The molecular weight excluding hydrogens is 233 g/mol. The van der Waals surface area contributed by atoms with Crippen LogP contribution in [-0.4, -0.2) is 6.98 Å². The monoisotopic (exact) mass is 236 g/mol. The average Bonchev–Trinajstić information content (AvgIpc) is 1.83. The largest absolute Gasteiger partial charge is 1.00 e. The van der Waals surface area contributed by atoms with Crippen molar-refractivity contribution >= 4 is 24.0 Å². The Morgan fingerprint density at radius 2 is 1.69 bits per heavy atom. The van der Waals surface area contributed by atoms with Gasteiger partial charge >= 0.3 is 58.4 Å². The first kappa shape index (κ1) is 13.9. The molecular formula is C6H3BClF4K. The molecule has 0 aliphatic rings. The Kier molecular flexibility index (Phi) is 5.50. The fourth-order valence-corrected chi connectivity index (χ4v) is 1.06. The summed E-state index contributed by atoms with van der Waals surface area (Å²) in [6.45, 7) is -5.14. The van der Waals surface area contributed by atoms with Gasteiger partial charge < -0.3 is 12.9 Å². The number of halogens is 5. The van der Waals surface area contributed by atoms with Crippen molar-refractivity contribution in [1.29, 1.82) is 0 Å². The Bertz CT molecular complexity index is 301. The van der Waals surface area contributed by atoms with Gasteiger partial charge in [0.15, 0.2) is 0 Å². The van der Waals surface area contributed by atoms with E-state index in [1.165, 1.54) is 0 Å². The third kappa shape index (κ3) is 3.89. The number of hydrogen-bond donors (Lipinski definition) is 0. The molecule has 1 aromatic rings. The van der Waals surface area contributed by atoms with Crippen LogP contribution >= 0.6 is 11.6 Å². The number of hydrogen-bond acceptors (Lipinski definition) is 0. The minimum absolute atomic E-state index is 0. The van der Waals surface area contributed by atoms with E-state index in [0.29, 0.717) is 12.1 Å². The van der Waals surface area contributed by atoms with Gasteiger partial charge in [-0.15, -0.1) is 0 Å². The molecule has 0 aromatic heterocycles. The van der Waals surface area contributed by atoms with Gasteiger partial charge in [0.25, 0.3) is 0 Å². The van der Waals surface area contributed by atoms with Crippen LogP contribution in [0.1, 0.15) is 0 Å². The van der Waals surface area contributed by atoms with Crippen LogP contribution in [0.15, 0.2) is 18.2 Å². The molecule has 0 nitrogen and oxygen atoms in total. The van der Waals surface area contributed by atoms with Crippen LogP contribution in [0.2, 0.25) is 5.02 Å². The maximum Gasteiger partial charge on any atom is 1.00 e. The number of rotatable bonds is 1. The van der Waals surface area contributed by atoms with E-state index in [1.807, 2.05) is 0 Å². The fraction of sp³-hybridized carbons (Fsp3) is 0. The van der Waals surface area contributed by atoms with E-state index in [2.05, 4.69) is 0 Å². The van der Waals surface area contributed by atoms with E-state index in [0.717, 1.165) is 6.07 Å². The van der Waals surface area contributed by atoms with Crippen molar-refractivity contribution in [2.75, 3.05) is 0 Å². The van der Waals surface area contributed by atoms with Gasteiger partial charge in [-0.1, -0.05) is 23.1 Å². The second-order valence-corrected chi connectivity index (χ2v) is 2.65. The molecule has 0 unspecified atom stereocenters. The smallest absolute Gasteiger partial charge is 0.445 e. The molecule has 0 saturated heterocycles. The standard InChI is InChI=1S/C6H3BClF4.K/c8-6-3-4(9)1-2-5(6)7(10,11)12;/h1-3H;/q-1;+1. The molecule has 0 amide bonds. The molecule has 0 fully saturated rings. The third-order valence-corrected chi connectivity index (χ3v) is 1.64. The Hall–Kier alpha value is 0.931. The summed E-state index contributed by atoms with van der Waals surface area (Å²) in [6.07, 6.45) is 0. The van der Waals surface area contributed by atoms with Crippen molar-refractivity contribution in [3.63, 3.8) is 0 Å². The molecule has 1 aromatic carbocycles. The molecule has 7 heteroatoms. The molecule has 0 atom stereocenters. The zero-order chi connectivity index (χ0) is 9.35. The second-order valence-electron chi connectivity index (χ2n) is 2.24. The molecule has 0 bridgehead atoms. The Balaban J connectivity index is 0.00000144. The van der Waals surface area contributed by atoms with Gasteiger partial charge in [0.1, 0.15) is 5.82 Å². The molecule has 13 heavy (non-hydrogen) atoms. The summed E-state index contributed by atoms with van der Waals surface area (Å²) >= 11 is 5.17. The van der Waals surface area contributed by atoms with Gasteiger partial charge in [0, 0.05) is 5.02 Å². The summed E-state index contributed by atoms with van der Waals surface area (Å²) in [5, 5.41) is -0.595. The molecule has 0 heterocycles. The summed E-state index contributed by atoms with van der Waals surface area (Å²) in [6, 6.07) is 2.01. The van der Waals surface area contributed by atoms with Crippen molar-refractivity contribution in [3.8, 4) is 0 Å². The van der Waals surface area contributed by atoms with Crippen molar-refractivity contribution in [2.24, 2.45) is 0 Å². The molecule has 0 aliphatic heterocycles. The second kappa shape index (κ2) is 5.14. The molecule has 0 aliphatic carbocycles. The van der Waals surface area contributed by atoms with Crippen LogP contribution in [0.4, 0.5) is 17.3 Å². The Morgan fingerprint density at radius 1 is 1.15 bits per heavy atom. The van der Waals surface area contributed by atoms with Crippen LogP contribution in [0.25, 0.3) is 0 Å². The van der Waals surface area contributed by atoms with E-state index in [1.54, 1.807) is 0 Å². The summed E-state index contributed by atoms with van der Waals surface area (Å²) < 4.78 is 48.4.